The van der Waals surface area contributed by atoms with Gasteiger partial charge in [-0.05, 0) is 12.1 Å². The van der Waals surface area contributed by atoms with E-state index in [1.807, 2.05) is 0 Å². The summed E-state index contributed by atoms with van der Waals surface area (Å²) in [6.45, 7) is 6.04. The van der Waals surface area contributed by atoms with Crippen molar-refractivity contribution in [2.75, 3.05) is 14.2 Å². The van der Waals surface area contributed by atoms with Crippen molar-refractivity contribution < 1.29 is 38.1 Å². The highest BCUT2D eigenvalue weighted by atomic mass is 16.5. The minimum atomic E-state index is -0.901. The molecule has 0 fully saturated rings. The first kappa shape index (κ1) is 19.6. The van der Waals surface area contributed by atoms with Crippen molar-refractivity contribution in [3.8, 4) is 5.75 Å². The number of carbonyl (C=O) groups excluding carboxylic acids is 4. The molecule has 0 amide bonds. The van der Waals surface area contributed by atoms with E-state index < -0.39 is 30.5 Å². The molecule has 0 atom stereocenters. The van der Waals surface area contributed by atoms with Crippen LogP contribution in [0.4, 0.5) is 0 Å². The van der Waals surface area contributed by atoms with Gasteiger partial charge in [0.2, 0.25) is 0 Å². The highest BCUT2D eigenvalue weighted by molar-refractivity contribution is 6.01. The van der Waals surface area contributed by atoms with Crippen LogP contribution in [0.3, 0.4) is 0 Å². The molecule has 0 spiro atoms. The third-order valence-corrected chi connectivity index (χ3v) is 2.97. The lowest BCUT2D eigenvalue weighted by atomic mass is 10.00. The zero-order valence-electron chi connectivity index (χ0n) is 13.7. The second kappa shape index (κ2) is 9.02. The molecule has 0 aliphatic heterocycles. The molecule has 8 nitrogen and oxygen atoms in total. The number of ether oxygens (including phenoxy) is 4. The Balaban J connectivity index is 3.56. The average Bonchev–Trinajstić information content (AvgIpc) is 2.64. The maximum atomic E-state index is 12.2. The Kier molecular flexibility index (Phi) is 7.08. The van der Waals surface area contributed by atoms with E-state index in [-0.39, 0.29) is 22.4 Å². The van der Waals surface area contributed by atoms with Gasteiger partial charge in [-0.1, -0.05) is 13.2 Å². The summed E-state index contributed by atoms with van der Waals surface area (Å²) < 4.78 is 19.2. The Bertz CT molecular complexity index is 732. The van der Waals surface area contributed by atoms with Crippen molar-refractivity contribution in [3.05, 3.63) is 54.1 Å². The number of carbonyl (C=O) groups is 4. The molecule has 1 aromatic rings. The Labute approximate surface area is 143 Å². The minimum absolute atomic E-state index is 0.0386. The van der Waals surface area contributed by atoms with Gasteiger partial charge in [-0.2, -0.15) is 0 Å². The minimum Gasteiger partial charge on any atom is -0.465 e. The van der Waals surface area contributed by atoms with Crippen LogP contribution in [0.1, 0.15) is 26.3 Å². The molecule has 1 rings (SSSR count). The van der Waals surface area contributed by atoms with Crippen LogP contribution in [0, 0.1) is 0 Å². The van der Waals surface area contributed by atoms with E-state index >= 15 is 0 Å². The fourth-order valence-corrected chi connectivity index (χ4v) is 1.84. The Morgan fingerprint density at radius 2 is 1.56 bits per heavy atom. The molecule has 0 aliphatic rings. The van der Waals surface area contributed by atoms with Gasteiger partial charge in [0.15, 0.2) is 0 Å². The predicted octanol–water partition coefficient (Wildman–Crippen LogP) is 1.58. The van der Waals surface area contributed by atoms with E-state index in [0.29, 0.717) is 0 Å². The van der Waals surface area contributed by atoms with Gasteiger partial charge in [-0.3, -0.25) is 0 Å². The van der Waals surface area contributed by atoms with E-state index in [1.165, 1.54) is 12.1 Å². The number of hydrogen-bond donors (Lipinski definition) is 0. The van der Waals surface area contributed by atoms with E-state index in [9.17, 15) is 19.2 Å². The van der Waals surface area contributed by atoms with Gasteiger partial charge in [0, 0.05) is 17.7 Å². The monoisotopic (exact) mass is 348 g/mol. The van der Waals surface area contributed by atoms with Crippen LogP contribution in [0.5, 0.6) is 5.75 Å². The van der Waals surface area contributed by atoms with Gasteiger partial charge in [-0.25, -0.2) is 19.2 Å². The molecule has 0 saturated carbocycles. The third-order valence-electron chi connectivity index (χ3n) is 2.97. The molecule has 0 bridgehead atoms. The first-order chi connectivity index (χ1) is 11.9. The zero-order chi connectivity index (χ0) is 19.0. The molecule has 0 radical (unpaired) electrons. The summed E-state index contributed by atoms with van der Waals surface area (Å²) in [4.78, 5) is 46.9. The van der Waals surface area contributed by atoms with Crippen molar-refractivity contribution in [1.82, 2.24) is 0 Å². The van der Waals surface area contributed by atoms with Gasteiger partial charge in [0.1, 0.15) is 17.9 Å². The molecule has 0 aliphatic carbocycles. The molecule has 25 heavy (non-hydrogen) atoms. The van der Waals surface area contributed by atoms with Crippen molar-refractivity contribution in [2.24, 2.45) is 0 Å². The molecule has 0 N–H and O–H groups in total. The molecule has 1 aromatic carbocycles. The summed E-state index contributed by atoms with van der Waals surface area (Å²) in [5, 5.41) is 0. The van der Waals surface area contributed by atoms with Gasteiger partial charge < -0.3 is 18.9 Å². The summed E-state index contributed by atoms with van der Waals surface area (Å²) in [7, 11) is 2.25. The van der Waals surface area contributed by atoms with Crippen LogP contribution in [-0.4, -0.2) is 38.1 Å². The highest BCUT2D eigenvalue weighted by Crippen LogP contribution is 2.28. The number of hydrogen-bond acceptors (Lipinski definition) is 8. The second-order valence-corrected chi connectivity index (χ2v) is 4.39. The van der Waals surface area contributed by atoms with Gasteiger partial charge in [-0.15, -0.1) is 0 Å². The molecule has 0 saturated heterocycles. The van der Waals surface area contributed by atoms with E-state index in [1.54, 1.807) is 0 Å². The molecule has 0 heterocycles. The Morgan fingerprint density at radius 3 is 2.08 bits per heavy atom. The van der Waals surface area contributed by atoms with Crippen LogP contribution >= 0.6 is 0 Å². The van der Waals surface area contributed by atoms with Crippen LogP contribution in [0.2, 0.25) is 0 Å². The smallest absolute Gasteiger partial charge is 0.342 e. The Morgan fingerprint density at radius 1 is 0.960 bits per heavy atom. The maximum absolute atomic E-state index is 12.2. The maximum Gasteiger partial charge on any atom is 0.342 e. The van der Waals surface area contributed by atoms with Gasteiger partial charge >= 0.3 is 23.9 Å². The lowest BCUT2D eigenvalue weighted by molar-refractivity contribution is -0.139. The summed E-state index contributed by atoms with van der Waals surface area (Å²) in [5.41, 5.74) is -0.348. The standard InChI is InChI=1S/C17H16O8/c1-5-13(18)24-9-11-10(16(20)22-3)7-8-12(25-14(19)6-2)15(11)17(21)23-4/h5-8H,1-2,9H2,3-4H3. The highest BCUT2D eigenvalue weighted by Gasteiger charge is 2.26. The number of esters is 4. The third kappa shape index (κ3) is 4.77. The normalized spacial score (nSPS) is 9.52. The van der Waals surface area contributed by atoms with E-state index in [4.69, 9.17) is 9.47 Å². The van der Waals surface area contributed by atoms with E-state index in [2.05, 4.69) is 22.6 Å². The van der Waals surface area contributed by atoms with Crippen molar-refractivity contribution in [1.29, 1.82) is 0 Å². The van der Waals surface area contributed by atoms with Crippen LogP contribution < -0.4 is 4.74 Å². The fourth-order valence-electron chi connectivity index (χ4n) is 1.84. The molecular weight excluding hydrogens is 332 g/mol. The zero-order valence-corrected chi connectivity index (χ0v) is 13.7. The second-order valence-electron chi connectivity index (χ2n) is 4.39. The topological polar surface area (TPSA) is 105 Å². The predicted molar refractivity (Wildman–Crippen MR) is 84.9 cm³/mol. The molecule has 0 aromatic heterocycles. The number of benzene rings is 1. The van der Waals surface area contributed by atoms with E-state index in [0.717, 1.165) is 26.4 Å². The first-order valence-electron chi connectivity index (χ1n) is 6.85. The average molecular weight is 348 g/mol. The van der Waals surface area contributed by atoms with Crippen molar-refractivity contribution >= 4 is 23.9 Å². The number of rotatable bonds is 7. The SMILES string of the molecule is C=CC(=O)OCc1c(C(=O)OC)ccc(OC(=O)C=C)c1C(=O)OC. The summed E-state index contributed by atoms with van der Waals surface area (Å²) in [6.07, 6.45) is 1.81. The van der Waals surface area contributed by atoms with Crippen molar-refractivity contribution in [3.63, 3.8) is 0 Å². The Hall–Kier alpha value is -3.42. The lowest BCUT2D eigenvalue weighted by Gasteiger charge is -2.15. The fraction of sp³-hybridized carbons (Fsp3) is 0.176. The van der Waals surface area contributed by atoms with Crippen molar-refractivity contribution in [2.45, 2.75) is 6.61 Å². The molecule has 132 valence electrons. The van der Waals surface area contributed by atoms with Crippen LogP contribution in [-0.2, 0) is 30.4 Å². The molecule has 0 unspecified atom stereocenters. The number of methoxy groups -OCH3 is 2. The molecular formula is C17H16O8. The summed E-state index contributed by atoms with van der Waals surface area (Å²) >= 11 is 0. The summed E-state index contributed by atoms with van der Waals surface area (Å²) in [5.74, 6) is -3.47. The van der Waals surface area contributed by atoms with Gasteiger partial charge in [0.25, 0.3) is 0 Å². The van der Waals surface area contributed by atoms with Crippen LogP contribution in [0.25, 0.3) is 0 Å². The largest absolute Gasteiger partial charge is 0.465 e. The van der Waals surface area contributed by atoms with Crippen LogP contribution in [0.15, 0.2) is 37.4 Å². The summed E-state index contributed by atoms with van der Waals surface area (Å²) in [6, 6.07) is 2.49. The quantitative estimate of drug-likeness (QED) is 0.316. The van der Waals surface area contributed by atoms with Gasteiger partial charge in [0.05, 0.1) is 19.8 Å². The lowest BCUT2D eigenvalue weighted by Crippen LogP contribution is -2.17. The molecule has 8 heteroatoms. The first-order valence-corrected chi connectivity index (χ1v) is 6.85.